The molecule has 140 valence electrons. The molecule has 26 heavy (non-hydrogen) atoms. The maximum absolute atomic E-state index is 12.2. The zero-order chi connectivity index (χ0) is 19.5. The van der Waals surface area contributed by atoms with Crippen molar-refractivity contribution in [2.45, 2.75) is 45.1 Å². The number of carboxylic acid groups (broad SMARTS) is 1. The maximum Gasteiger partial charge on any atom is 0.309 e. The Hall–Kier alpha value is -2.90. The Morgan fingerprint density at radius 1 is 1.35 bits per heavy atom. The second-order valence-electron chi connectivity index (χ2n) is 6.43. The highest BCUT2D eigenvalue weighted by Crippen LogP contribution is 2.45. The quantitative estimate of drug-likeness (QED) is 0.390. The molecule has 0 spiro atoms. The summed E-state index contributed by atoms with van der Waals surface area (Å²) in [7, 11) is 0. The van der Waals surface area contributed by atoms with Crippen molar-refractivity contribution in [2.24, 2.45) is 5.92 Å². The number of carboxylic acids is 1. The molecule has 0 saturated carbocycles. The molecule has 1 heterocycles. The molecule has 8 nitrogen and oxygen atoms in total. The van der Waals surface area contributed by atoms with Crippen LogP contribution >= 0.6 is 0 Å². The van der Waals surface area contributed by atoms with Gasteiger partial charge in [0.25, 0.3) is 5.69 Å². The van der Waals surface area contributed by atoms with Crippen LogP contribution in [0.4, 0.5) is 5.69 Å². The first-order chi connectivity index (χ1) is 12.3. The van der Waals surface area contributed by atoms with Crippen molar-refractivity contribution >= 4 is 18.1 Å². The van der Waals surface area contributed by atoms with Gasteiger partial charge in [0.15, 0.2) is 0 Å². The number of carbonyl (C=O) groups excluding carboxylic acids is 1. The summed E-state index contributed by atoms with van der Waals surface area (Å²) in [5.74, 6) is -2.45. The third kappa shape index (κ3) is 3.26. The molecule has 0 saturated heterocycles. The monoisotopic (exact) mass is 361 g/mol. The number of nitro benzene ring substituents is 1. The van der Waals surface area contributed by atoms with Crippen LogP contribution in [0, 0.1) is 16.0 Å². The lowest BCUT2D eigenvalue weighted by atomic mass is 9.66. The van der Waals surface area contributed by atoms with Crippen LogP contribution < -0.4 is 10.6 Å². The first kappa shape index (κ1) is 19.4. The van der Waals surface area contributed by atoms with Crippen LogP contribution in [0.25, 0.3) is 0 Å². The number of amides is 1. The molecular formula is C18H23N3O5. The van der Waals surface area contributed by atoms with E-state index in [0.717, 1.165) is 0 Å². The van der Waals surface area contributed by atoms with Gasteiger partial charge < -0.3 is 15.7 Å². The molecule has 2 unspecified atom stereocenters. The minimum absolute atomic E-state index is 0.0718. The van der Waals surface area contributed by atoms with Gasteiger partial charge in [0.2, 0.25) is 6.41 Å². The molecule has 1 amide bonds. The molecule has 1 aliphatic rings. The predicted octanol–water partition coefficient (Wildman–Crippen LogP) is 2.52. The van der Waals surface area contributed by atoms with Crippen molar-refractivity contribution in [2.75, 3.05) is 0 Å². The SMILES string of the molecule is CCC1(CC)NC(C)=C(NC=O)C(c2ccc([N+](=O)[O-])cc2)C1C(=O)O. The summed E-state index contributed by atoms with van der Waals surface area (Å²) in [6, 6.07) is 5.81. The van der Waals surface area contributed by atoms with Crippen molar-refractivity contribution in [3.05, 3.63) is 51.3 Å². The number of hydrogen-bond acceptors (Lipinski definition) is 5. The van der Waals surface area contributed by atoms with Gasteiger partial charge in [-0.25, -0.2) is 0 Å². The third-order valence-electron chi connectivity index (χ3n) is 5.29. The molecule has 0 aromatic heterocycles. The van der Waals surface area contributed by atoms with Crippen molar-refractivity contribution in [1.29, 1.82) is 0 Å². The molecular weight excluding hydrogens is 338 g/mol. The zero-order valence-electron chi connectivity index (χ0n) is 15.0. The molecule has 0 bridgehead atoms. The van der Waals surface area contributed by atoms with Crippen molar-refractivity contribution in [1.82, 2.24) is 10.6 Å². The second kappa shape index (κ2) is 7.55. The van der Waals surface area contributed by atoms with Gasteiger partial charge in [-0.05, 0) is 25.3 Å². The van der Waals surface area contributed by atoms with E-state index in [9.17, 15) is 24.8 Å². The Bertz CT molecular complexity index is 738. The number of carbonyl (C=O) groups is 2. The number of nitrogens with one attached hydrogen (secondary N) is 2. The average molecular weight is 361 g/mol. The van der Waals surface area contributed by atoms with E-state index in [-0.39, 0.29) is 5.69 Å². The van der Waals surface area contributed by atoms with Gasteiger partial charge in [0.05, 0.1) is 16.4 Å². The van der Waals surface area contributed by atoms with Crippen LogP contribution in [-0.2, 0) is 9.59 Å². The van der Waals surface area contributed by atoms with Crippen LogP contribution in [0.2, 0.25) is 0 Å². The number of rotatable bonds is 7. The van der Waals surface area contributed by atoms with Gasteiger partial charge in [-0.15, -0.1) is 0 Å². The van der Waals surface area contributed by atoms with Crippen molar-refractivity contribution < 1.29 is 19.6 Å². The van der Waals surface area contributed by atoms with Crippen LogP contribution in [0.3, 0.4) is 0 Å². The number of allylic oxidation sites excluding steroid dienone is 2. The highest BCUT2D eigenvalue weighted by molar-refractivity contribution is 5.75. The van der Waals surface area contributed by atoms with E-state index < -0.39 is 28.3 Å². The first-order valence-corrected chi connectivity index (χ1v) is 8.47. The summed E-state index contributed by atoms with van der Waals surface area (Å²) in [6.45, 7) is 5.64. The van der Waals surface area contributed by atoms with Crippen LogP contribution in [0.1, 0.15) is 45.1 Å². The highest BCUT2D eigenvalue weighted by atomic mass is 16.6. The van der Waals surface area contributed by atoms with E-state index in [1.165, 1.54) is 12.1 Å². The smallest absolute Gasteiger partial charge is 0.309 e. The van der Waals surface area contributed by atoms with Gasteiger partial charge in [0.1, 0.15) is 0 Å². The topological polar surface area (TPSA) is 122 Å². The first-order valence-electron chi connectivity index (χ1n) is 8.47. The number of benzene rings is 1. The van der Waals surface area contributed by atoms with Crippen LogP contribution in [-0.4, -0.2) is 27.9 Å². The molecule has 1 aliphatic heterocycles. The maximum atomic E-state index is 12.2. The van der Waals surface area contributed by atoms with Crippen LogP contribution in [0.5, 0.6) is 0 Å². The zero-order valence-corrected chi connectivity index (χ0v) is 15.0. The minimum Gasteiger partial charge on any atom is -0.481 e. The van der Waals surface area contributed by atoms with E-state index in [2.05, 4.69) is 10.6 Å². The van der Waals surface area contributed by atoms with Gasteiger partial charge in [-0.2, -0.15) is 0 Å². The summed E-state index contributed by atoms with van der Waals surface area (Å²) in [4.78, 5) is 33.7. The standard InChI is InChI=1S/C18H23N3O5/c1-4-18(5-2)15(17(23)24)14(16(19-10-22)11(3)20-18)12-6-8-13(9-7-12)21(25)26/h6-10,14-15,20H,4-5H2,1-3H3,(H,19,22)(H,23,24). The van der Waals surface area contributed by atoms with Crippen molar-refractivity contribution in [3.63, 3.8) is 0 Å². The third-order valence-corrected chi connectivity index (χ3v) is 5.29. The minimum atomic E-state index is -0.984. The normalized spacial score (nSPS) is 21.7. The van der Waals surface area contributed by atoms with Gasteiger partial charge >= 0.3 is 5.97 Å². The lowest BCUT2D eigenvalue weighted by Gasteiger charge is -2.48. The molecule has 1 aromatic carbocycles. The molecule has 0 aliphatic carbocycles. The number of non-ortho nitro benzene ring substituents is 1. The number of aliphatic carboxylic acids is 1. The van der Waals surface area contributed by atoms with Gasteiger partial charge in [-0.3, -0.25) is 19.7 Å². The van der Waals surface area contributed by atoms with Crippen LogP contribution in [0.15, 0.2) is 35.7 Å². The van der Waals surface area contributed by atoms with E-state index in [1.807, 2.05) is 13.8 Å². The summed E-state index contributed by atoms with van der Waals surface area (Å²) < 4.78 is 0. The van der Waals surface area contributed by atoms with E-state index >= 15 is 0 Å². The van der Waals surface area contributed by atoms with E-state index in [0.29, 0.717) is 36.2 Å². The lowest BCUT2D eigenvalue weighted by Crippen LogP contribution is -2.59. The van der Waals surface area contributed by atoms with E-state index in [1.54, 1.807) is 19.1 Å². The fourth-order valence-electron chi connectivity index (χ4n) is 3.91. The Kier molecular flexibility index (Phi) is 5.64. The molecule has 0 radical (unpaired) electrons. The fourth-order valence-corrected chi connectivity index (χ4v) is 3.91. The predicted molar refractivity (Wildman–Crippen MR) is 95.3 cm³/mol. The highest BCUT2D eigenvalue weighted by Gasteiger charge is 2.50. The molecule has 0 fully saturated rings. The fraction of sp³-hybridized carbons (Fsp3) is 0.444. The summed E-state index contributed by atoms with van der Waals surface area (Å²) in [5, 5.41) is 26.8. The average Bonchev–Trinajstić information content (AvgIpc) is 2.62. The van der Waals surface area contributed by atoms with Crippen molar-refractivity contribution in [3.8, 4) is 0 Å². The summed E-state index contributed by atoms with van der Waals surface area (Å²) in [5.41, 5.74) is 1.02. The Labute approximate surface area is 151 Å². The number of nitrogens with zero attached hydrogens (tertiary/aromatic N) is 1. The molecule has 1 aromatic rings. The molecule has 2 rings (SSSR count). The summed E-state index contributed by atoms with van der Waals surface area (Å²) in [6.07, 6.45) is 1.67. The summed E-state index contributed by atoms with van der Waals surface area (Å²) >= 11 is 0. The number of nitro groups is 1. The molecule has 8 heteroatoms. The van der Waals surface area contributed by atoms with Gasteiger partial charge in [0, 0.05) is 29.4 Å². The second-order valence-corrected chi connectivity index (χ2v) is 6.43. The molecule has 2 atom stereocenters. The Balaban J connectivity index is 2.67. The lowest BCUT2D eigenvalue weighted by molar-refractivity contribution is -0.384. The van der Waals surface area contributed by atoms with E-state index in [4.69, 9.17) is 0 Å². The Morgan fingerprint density at radius 3 is 2.35 bits per heavy atom. The largest absolute Gasteiger partial charge is 0.481 e. The Morgan fingerprint density at radius 2 is 1.92 bits per heavy atom. The number of hydrogen-bond donors (Lipinski definition) is 3. The molecule has 3 N–H and O–H groups in total. The van der Waals surface area contributed by atoms with Gasteiger partial charge in [-0.1, -0.05) is 26.0 Å².